The monoisotopic (exact) mass is 1170 g/mol. The van der Waals surface area contributed by atoms with Crippen LogP contribution in [0.2, 0.25) is 0 Å². The summed E-state index contributed by atoms with van der Waals surface area (Å²) in [6.07, 6.45) is 4.75. The zero-order valence-corrected chi connectivity index (χ0v) is 48.6. The second-order valence-electron chi connectivity index (χ2n) is 23.4. The van der Waals surface area contributed by atoms with Gasteiger partial charge >= 0.3 is 0 Å². The predicted molar refractivity (Wildman–Crippen MR) is 367 cm³/mol. The molecule has 5 heteroatoms. The Morgan fingerprint density at radius 1 is 0.455 bits per heavy atom. The summed E-state index contributed by atoms with van der Waals surface area (Å²) in [6, 6.07) is 26.6. The number of benzene rings is 11. The van der Waals surface area contributed by atoms with Gasteiger partial charge in [0.1, 0.15) is 17.3 Å². The van der Waals surface area contributed by atoms with Gasteiger partial charge in [-0.3, -0.25) is 13.7 Å². The molecular formula is C83H70N4O. The van der Waals surface area contributed by atoms with Crippen LogP contribution in [0.25, 0.3) is 117 Å². The number of nitrogens with zero attached hydrogens (tertiary/aromatic N) is 4. The number of para-hydroxylation sites is 1. The maximum Gasteiger partial charge on any atom is 0.269 e. The van der Waals surface area contributed by atoms with Crippen LogP contribution in [0.1, 0.15) is 106 Å². The second-order valence-corrected chi connectivity index (χ2v) is 23.4. The van der Waals surface area contributed by atoms with Gasteiger partial charge in [0.25, 0.3) is 6.33 Å². The summed E-state index contributed by atoms with van der Waals surface area (Å²) in [7, 11) is 0. The summed E-state index contributed by atoms with van der Waals surface area (Å²) < 4.78 is 255. The molecule has 0 aliphatic carbocycles. The van der Waals surface area contributed by atoms with E-state index in [4.69, 9.17) is 37.1 Å². The minimum Gasteiger partial charge on any atom is -0.458 e. The van der Waals surface area contributed by atoms with Crippen molar-refractivity contribution in [2.75, 3.05) is 0 Å². The molecule has 0 saturated heterocycles. The van der Waals surface area contributed by atoms with E-state index in [0.29, 0.717) is 38.8 Å². The van der Waals surface area contributed by atoms with Gasteiger partial charge in [0.05, 0.1) is 58.1 Å². The van der Waals surface area contributed by atoms with E-state index in [0.717, 1.165) is 10.9 Å². The quantitative estimate of drug-likeness (QED) is 0.0956. The molecule has 0 saturated carbocycles. The molecule has 0 aliphatic heterocycles. The molecule has 0 fully saturated rings. The van der Waals surface area contributed by atoms with Crippen LogP contribution >= 0.6 is 0 Å². The average molecular weight is 1170 g/mol. The highest BCUT2D eigenvalue weighted by molar-refractivity contribution is 6.09. The summed E-state index contributed by atoms with van der Waals surface area (Å²) in [5.41, 5.74) is -1.44. The Morgan fingerprint density at radius 3 is 1.75 bits per heavy atom. The summed E-state index contributed by atoms with van der Waals surface area (Å²) >= 11 is 0. The highest BCUT2D eigenvalue weighted by Crippen LogP contribution is 2.44. The first-order valence-electron chi connectivity index (χ1n) is 41.9. The van der Waals surface area contributed by atoms with Crippen LogP contribution in [0, 0.1) is 26.9 Å². The number of aryl methyl sites for hydroxylation is 3. The number of hydrogen-bond donors (Lipinski definition) is 0. The summed E-state index contributed by atoms with van der Waals surface area (Å²) in [4.78, 5) is 4.73. The number of imidazole rings is 1. The fraction of sp³-hybridized carbons (Fsp3) is 0.133. The number of ether oxygens (including phenoxy) is 1. The van der Waals surface area contributed by atoms with E-state index in [-0.39, 0.29) is 78.5 Å². The van der Waals surface area contributed by atoms with E-state index < -0.39 is 168 Å². The fourth-order valence-electron chi connectivity index (χ4n) is 11.2. The lowest BCUT2D eigenvalue weighted by atomic mass is 9.80. The molecule has 0 aliphatic rings. The number of pyridine rings is 1. The zero-order valence-electron chi connectivity index (χ0n) is 75.6. The molecule has 3 heterocycles. The largest absolute Gasteiger partial charge is 0.458 e. The van der Waals surface area contributed by atoms with Gasteiger partial charge in [-0.2, -0.15) is 0 Å². The first kappa shape index (κ1) is 33.0. The van der Waals surface area contributed by atoms with Crippen LogP contribution in [0.3, 0.4) is 0 Å². The van der Waals surface area contributed by atoms with Crippen molar-refractivity contribution >= 4 is 32.8 Å². The van der Waals surface area contributed by atoms with Crippen molar-refractivity contribution in [3.05, 3.63) is 295 Å². The van der Waals surface area contributed by atoms with Gasteiger partial charge in [-0.05, 0) is 187 Å². The van der Waals surface area contributed by atoms with Gasteiger partial charge in [-0.15, -0.1) is 0 Å². The third-order valence-corrected chi connectivity index (χ3v) is 15.6. The second kappa shape index (κ2) is 22.2. The molecule has 0 N–H and O–H groups in total. The van der Waals surface area contributed by atoms with E-state index in [2.05, 4.69) is 6.33 Å². The minimum absolute atomic E-state index is 0.0117. The van der Waals surface area contributed by atoms with Crippen molar-refractivity contribution in [1.82, 2.24) is 14.1 Å². The van der Waals surface area contributed by atoms with Crippen LogP contribution in [-0.4, -0.2) is 14.1 Å². The number of hydrogen-bond acceptors (Lipinski definition) is 2. The number of fused-ring (bicyclic) bond motifs is 4. The minimum atomic E-state index is -2.90. The molecular weight excluding hydrogens is 1070 g/mol. The van der Waals surface area contributed by atoms with Gasteiger partial charge in [0.2, 0.25) is 0 Å². The van der Waals surface area contributed by atoms with Crippen molar-refractivity contribution < 1.29 is 46.3 Å². The van der Waals surface area contributed by atoms with Crippen LogP contribution in [-0.2, 0) is 10.8 Å². The smallest absolute Gasteiger partial charge is 0.269 e. The van der Waals surface area contributed by atoms with E-state index >= 15 is 0 Å². The lowest BCUT2D eigenvalue weighted by Gasteiger charge is -2.26. The maximum atomic E-state index is 10.6. The molecule has 0 radical (unpaired) electrons. The van der Waals surface area contributed by atoms with Crippen LogP contribution in [0.15, 0.2) is 261 Å². The Morgan fingerprint density at radius 2 is 1.07 bits per heavy atom. The highest BCUT2D eigenvalue weighted by Gasteiger charge is 2.27. The number of rotatable bonds is 11. The first-order valence-corrected chi connectivity index (χ1v) is 28.4. The standard InChI is InChI=1S/C83H70N4O/c1-54-24-21-25-55(2)80(54)61-38-41-76-78(47-61)85(67-34-23-35-68(50-67)88-69-39-40-71-70-36-19-20-37-75(70)87(77(71)51-69)79-42-56(3)74(52-84-79)59-30-17-12-18-31-59)53-86(76)81-72(60-32-22-33-65(46-60)82(4,5)6)48-66(83(7,8)9)49-73(81)64-44-62(57-26-13-10-14-27-57)43-63(45-64)58-28-15-11-16-29-58/h10-52H,1-9H3/i1D3,2D3,3D3,10D,11D,12D,13D,14D,15D,16D,17D,18D,26D,27D,28D,29D,30D,31D,43D,44D,45D. The first-order chi connectivity index (χ1) is 53.7. The van der Waals surface area contributed by atoms with Crippen LogP contribution in [0.4, 0.5) is 0 Å². The predicted octanol–water partition coefficient (Wildman–Crippen LogP) is 21.5. The van der Waals surface area contributed by atoms with Crippen molar-refractivity contribution in [1.29, 1.82) is 0 Å². The number of aromatic nitrogens is 4. The van der Waals surface area contributed by atoms with Gasteiger partial charge < -0.3 is 4.74 Å². The molecule has 0 unspecified atom stereocenters. The van der Waals surface area contributed by atoms with Crippen molar-refractivity contribution in [2.45, 2.75) is 72.9 Å². The molecule has 14 aromatic rings. The molecule has 428 valence electrons. The van der Waals surface area contributed by atoms with E-state index in [1.54, 1.807) is 86.5 Å². The van der Waals surface area contributed by atoms with Crippen molar-refractivity contribution in [2.24, 2.45) is 0 Å². The third kappa shape index (κ3) is 10.4. The normalized spacial score (nSPS) is 16.7. The summed E-state index contributed by atoms with van der Waals surface area (Å²) in [5.74, 6) is 0.536. The van der Waals surface area contributed by atoms with Gasteiger partial charge in [0, 0.05) is 40.9 Å². The lowest BCUT2D eigenvalue weighted by molar-refractivity contribution is -0.571. The maximum absolute atomic E-state index is 10.6. The van der Waals surface area contributed by atoms with Gasteiger partial charge in [-0.1, -0.05) is 223 Å². The van der Waals surface area contributed by atoms with Crippen molar-refractivity contribution in [3.8, 4) is 95.5 Å². The van der Waals surface area contributed by atoms with E-state index in [1.165, 1.54) is 30.5 Å². The summed E-state index contributed by atoms with van der Waals surface area (Å²) in [6.45, 7) is 3.18. The molecule has 0 bridgehead atoms. The molecule has 14 rings (SSSR count). The Hall–Kier alpha value is -10.4. The van der Waals surface area contributed by atoms with Gasteiger partial charge in [0.15, 0.2) is 0 Å². The Bertz CT molecular complexity index is 6260. The topological polar surface area (TPSA) is 35.9 Å². The van der Waals surface area contributed by atoms with Gasteiger partial charge in [-0.25, -0.2) is 4.98 Å². The molecule has 0 spiro atoms. The Balaban J connectivity index is 1.07. The third-order valence-electron chi connectivity index (χ3n) is 15.6. The Kier molecular flexibility index (Phi) is 8.30. The Labute approximate surface area is 555 Å². The van der Waals surface area contributed by atoms with Crippen LogP contribution in [0.5, 0.6) is 11.5 Å². The molecule has 5 nitrogen and oxygen atoms in total. The van der Waals surface area contributed by atoms with E-state index in [9.17, 15) is 9.60 Å². The summed E-state index contributed by atoms with van der Waals surface area (Å²) in [5, 5.41) is 1.41. The molecule has 0 atom stereocenters. The fourth-order valence-corrected chi connectivity index (χ4v) is 11.2. The highest BCUT2D eigenvalue weighted by atomic mass is 16.5. The van der Waals surface area contributed by atoms with Crippen molar-refractivity contribution in [3.63, 3.8) is 0 Å². The van der Waals surface area contributed by atoms with E-state index in [1.807, 2.05) is 90.1 Å². The molecule has 11 aromatic carbocycles. The van der Waals surface area contributed by atoms with Crippen LogP contribution < -0.4 is 9.30 Å². The molecule has 0 amide bonds. The molecule has 3 aromatic heterocycles. The SMILES string of the molecule is [2H]c1c([2H])c([2H])c(-c2cnc(-n3c4ccccc4c4ccc(Oc5cccc(-n6[c-][n+](-c7c(-c8cccc(C(C)(C)C)c8)cc(C(C)(C)C)cc7-c7c([2H])c(-c8c([2H])c([2H])c([2H])c([2H])c8[2H])c([2H])c(-c8c([2H])c([2H])c([2H])c([2H])c8[2H])c7[2H])c7ccc(-c8c(C([2H])([2H])[2H])cccc8C([2H])([2H])[2H])cc76)c5)cc43)cc2C([2H])([2H])[2H])c([2H])c1[2H]. The average Bonchev–Trinajstić information content (AvgIpc) is 1.54. The molecule has 88 heavy (non-hydrogen) atoms. The lowest BCUT2D eigenvalue weighted by Crippen LogP contribution is -2.32. The zero-order chi connectivity index (χ0) is 83.6.